The molecule has 0 N–H and O–H groups in total. The third kappa shape index (κ3) is 7.68. The Labute approximate surface area is 344 Å². The molecule has 3 nitrogen and oxygen atoms in total. The van der Waals surface area contributed by atoms with E-state index in [2.05, 4.69) is 180 Å². The van der Waals surface area contributed by atoms with Crippen LogP contribution in [0.1, 0.15) is 30.5 Å². The number of fused-ring (bicyclic) bond motifs is 4. The SMILES string of the molecule is CC(C)(c1ccccc1)c1c[c-]c(-c2cc3ccccc3cn2)c2oc3ccccc3c12.Cc1c[c-]c(-c2cc(-c3ccccc3)c([Si](C)(C)C)cn2)cc1.[Ir]. The quantitative estimate of drug-likeness (QED) is 0.123. The number of pyridine rings is 2. The fourth-order valence-electron chi connectivity index (χ4n) is 7.40. The molecule has 0 aliphatic rings. The molecule has 0 saturated heterocycles. The molecule has 0 saturated carbocycles. The monoisotopic (exact) mass is 921 g/mol. The van der Waals surface area contributed by atoms with Gasteiger partial charge < -0.3 is 14.4 Å². The summed E-state index contributed by atoms with van der Waals surface area (Å²) < 4.78 is 6.45. The molecule has 3 aromatic heterocycles. The topological polar surface area (TPSA) is 38.9 Å². The molecule has 0 fully saturated rings. The first kappa shape index (κ1) is 38.8. The van der Waals surface area contributed by atoms with E-state index in [9.17, 15) is 0 Å². The summed E-state index contributed by atoms with van der Waals surface area (Å²) in [6.07, 6.45) is 4.01. The van der Waals surface area contributed by atoms with Gasteiger partial charge in [0.05, 0.1) is 13.7 Å². The van der Waals surface area contributed by atoms with Crippen molar-refractivity contribution in [3.05, 3.63) is 187 Å². The van der Waals surface area contributed by atoms with E-state index in [0.717, 1.165) is 55.2 Å². The minimum absolute atomic E-state index is 0. The smallest absolute Gasteiger partial charge is 0.120 e. The molecule has 0 unspecified atom stereocenters. The molecule has 1 radical (unpaired) electrons. The average molecular weight is 921 g/mol. The van der Waals surface area contributed by atoms with Crippen LogP contribution in [-0.2, 0) is 25.5 Å². The van der Waals surface area contributed by atoms with Crippen molar-refractivity contribution in [1.29, 1.82) is 0 Å². The van der Waals surface area contributed by atoms with Crippen LogP contribution in [-0.4, -0.2) is 18.0 Å². The first-order chi connectivity index (χ1) is 26.6. The molecule has 0 spiro atoms. The molecule has 5 heteroatoms. The van der Waals surface area contributed by atoms with E-state index >= 15 is 0 Å². The van der Waals surface area contributed by atoms with Crippen LogP contribution in [0.5, 0.6) is 0 Å². The maximum absolute atomic E-state index is 6.45. The van der Waals surface area contributed by atoms with Gasteiger partial charge >= 0.3 is 0 Å². The Balaban J connectivity index is 0.000000178. The van der Waals surface area contributed by atoms with Gasteiger partial charge in [-0.2, -0.15) is 0 Å². The molecular formula is C51H44IrN2OSi-2. The summed E-state index contributed by atoms with van der Waals surface area (Å²) in [4.78, 5) is 9.49. The third-order valence-electron chi connectivity index (χ3n) is 10.5. The minimum atomic E-state index is -1.47. The minimum Gasteiger partial charge on any atom is -0.501 e. The van der Waals surface area contributed by atoms with Crippen LogP contribution >= 0.6 is 0 Å². The van der Waals surface area contributed by atoms with Gasteiger partial charge in [0.25, 0.3) is 0 Å². The molecule has 56 heavy (non-hydrogen) atoms. The van der Waals surface area contributed by atoms with Crippen LogP contribution in [0.4, 0.5) is 0 Å². The van der Waals surface area contributed by atoms with Gasteiger partial charge in [-0.25, -0.2) is 0 Å². The number of nitrogens with zero attached hydrogens (tertiary/aromatic N) is 2. The van der Waals surface area contributed by atoms with E-state index in [1.807, 2.05) is 30.5 Å². The molecular weight excluding hydrogens is 877 g/mol. The number of para-hydroxylation sites is 1. The zero-order valence-electron chi connectivity index (χ0n) is 32.6. The van der Waals surface area contributed by atoms with Crippen LogP contribution in [0.2, 0.25) is 19.6 Å². The van der Waals surface area contributed by atoms with E-state index in [-0.39, 0.29) is 25.5 Å². The Kier molecular flexibility index (Phi) is 11.1. The van der Waals surface area contributed by atoms with Crippen LogP contribution in [0.25, 0.3) is 66.4 Å². The predicted octanol–water partition coefficient (Wildman–Crippen LogP) is 13.0. The van der Waals surface area contributed by atoms with Crippen molar-refractivity contribution in [3.8, 4) is 33.6 Å². The van der Waals surface area contributed by atoms with E-state index in [1.54, 1.807) is 0 Å². The van der Waals surface area contributed by atoms with Gasteiger partial charge in [0.15, 0.2) is 0 Å². The number of hydrogen-bond donors (Lipinski definition) is 0. The van der Waals surface area contributed by atoms with E-state index in [0.29, 0.717) is 0 Å². The van der Waals surface area contributed by atoms with E-state index < -0.39 is 8.07 Å². The fourth-order valence-corrected chi connectivity index (χ4v) is 8.88. The maximum Gasteiger partial charge on any atom is 0.120 e. The zero-order chi connectivity index (χ0) is 38.2. The molecule has 0 bridgehead atoms. The number of hydrogen-bond acceptors (Lipinski definition) is 3. The summed E-state index contributed by atoms with van der Waals surface area (Å²) in [6.45, 7) is 13.7. The van der Waals surface area contributed by atoms with Crippen LogP contribution in [0, 0.1) is 19.1 Å². The predicted molar refractivity (Wildman–Crippen MR) is 234 cm³/mol. The Morgan fingerprint density at radius 3 is 2.02 bits per heavy atom. The Hall–Kier alpha value is -5.45. The molecule has 3 heterocycles. The van der Waals surface area contributed by atoms with Crippen molar-refractivity contribution in [1.82, 2.24) is 9.97 Å². The fraction of sp³-hybridized carbons (Fsp3) is 0.137. The normalized spacial score (nSPS) is 11.6. The van der Waals surface area contributed by atoms with Gasteiger partial charge in [0.1, 0.15) is 5.58 Å². The zero-order valence-corrected chi connectivity index (χ0v) is 36.0. The van der Waals surface area contributed by atoms with Crippen LogP contribution in [0.3, 0.4) is 0 Å². The second-order valence-corrected chi connectivity index (χ2v) is 20.8. The molecule has 6 aromatic carbocycles. The second kappa shape index (κ2) is 16.0. The van der Waals surface area contributed by atoms with Gasteiger partial charge in [-0.3, -0.25) is 0 Å². The summed E-state index contributed by atoms with van der Waals surface area (Å²) in [6, 6.07) is 57.4. The summed E-state index contributed by atoms with van der Waals surface area (Å²) in [5, 5.41) is 5.94. The summed E-state index contributed by atoms with van der Waals surface area (Å²) in [5.41, 5.74) is 11.6. The van der Waals surface area contributed by atoms with E-state index in [1.165, 1.54) is 33.0 Å². The van der Waals surface area contributed by atoms with Crippen molar-refractivity contribution in [3.63, 3.8) is 0 Å². The number of aryl methyl sites for hydroxylation is 1. The Morgan fingerprint density at radius 1 is 0.643 bits per heavy atom. The molecule has 9 rings (SSSR count). The van der Waals surface area contributed by atoms with Crippen LogP contribution < -0.4 is 5.19 Å². The van der Waals surface area contributed by atoms with Gasteiger partial charge in [0, 0.05) is 37.9 Å². The standard InChI is InChI=1S/C30H22NO.C21H22NSi.Ir/c1-30(2,22-12-4-3-5-13-22)25-17-16-23(26-18-20-10-6-7-11-21(20)19-31-26)29-28(25)24-14-8-9-15-27(24)32-29;1-16-10-12-18(13-11-16)20-14-19(17-8-6-5-7-9-17)21(15-22-20)23(2,3)4;/h3-15,17-19H,1-2H3;5-12,14-15H,1-4H3;/q2*-1;. The average Bonchev–Trinajstić information content (AvgIpc) is 3.61. The van der Waals surface area contributed by atoms with Gasteiger partial charge in [-0.05, 0) is 55.5 Å². The Bertz CT molecular complexity index is 2770. The number of benzene rings is 6. The molecule has 0 amide bonds. The summed E-state index contributed by atoms with van der Waals surface area (Å²) in [7, 11) is -1.47. The van der Waals surface area contributed by atoms with Crippen LogP contribution in [0.15, 0.2) is 162 Å². The molecule has 279 valence electrons. The summed E-state index contributed by atoms with van der Waals surface area (Å²) >= 11 is 0. The number of rotatable bonds is 6. The maximum atomic E-state index is 6.45. The van der Waals surface area contributed by atoms with Crippen molar-refractivity contribution >= 4 is 46.0 Å². The van der Waals surface area contributed by atoms with Crippen molar-refractivity contribution < 1.29 is 24.5 Å². The molecule has 0 atom stereocenters. The van der Waals surface area contributed by atoms with Gasteiger partial charge in [-0.15, -0.1) is 53.1 Å². The molecule has 0 aliphatic heterocycles. The first-order valence-corrected chi connectivity index (χ1v) is 22.4. The molecule has 9 aromatic rings. The summed E-state index contributed by atoms with van der Waals surface area (Å²) in [5.74, 6) is 0. The first-order valence-electron chi connectivity index (χ1n) is 18.9. The second-order valence-electron chi connectivity index (χ2n) is 15.8. The number of aromatic nitrogens is 2. The van der Waals surface area contributed by atoms with Crippen molar-refractivity contribution in [2.45, 2.75) is 45.8 Å². The number of furan rings is 1. The van der Waals surface area contributed by atoms with Gasteiger partial charge in [0.2, 0.25) is 0 Å². The van der Waals surface area contributed by atoms with Crippen molar-refractivity contribution in [2.75, 3.05) is 0 Å². The third-order valence-corrected chi connectivity index (χ3v) is 12.6. The molecule has 0 aliphatic carbocycles. The van der Waals surface area contributed by atoms with E-state index in [4.69, 9.17) is 14.4 Å². The van der Waals surface area contributed by atoms with Gasteiger partial charge in [-0.1, -0.05) is 167 Å². The van der Waals surface area contributed by atoms with Crippen molar-refractivity contribution in [2.24, 2.45) is 0 Å². The Morgan fingerprint density at radius 2 is 1.30 bits per heavy atom. The largest absolute Gasteiger partial charge is 0.501 e.